The standard InChI is InChI=1S/C21H23N5O3S/c27-19-15-2-1-5-22-18(15)14-4-3-13(10-16(14)23-19)11-25-6-8-26(9-7-25)21-24-17(12-30-21)20(28)29/h3-4,10,12,22H,1-2,5-9,11H2,(H,23,27)(H,28,29). The summed E-state index contributed by atoms with van der Waals surface area (Å²) in [7, 11) is 0. The molecule has 0 atom stereocenters. The Morgan fingerprint density at radius 2 is 2.07 bits per heavy atom. The number of hydrogen-bond donors (Lipinski definition) is 3. The molecule has 3 N–H and O–H groups in total. The number of aromatic amines is 1. The number of H-pyrrole nitrogens is 1. The number of nitrogens with zero attached hydrogens (tertiary/aromatic N) is 3. The second-order valence-corrected chi connectivity index (χ2v) is 8.64. The Morgan fingerprint density at radius 3 is 2.83 bits per heavy atom. The van der Waals surface area contributed by atoms with Crippen LogP contribution in [-0.2, 0) is 13.0 Å². The molecule has 0 bridgehead atoms. The van der Waals surface area contributed by atoms with E-state index in [1.807, 2.05) is 0 Å². The summed E-state index contributed by atoms with van der Waals surface area (Å²) in [4.78, 5) is 35.3. The van der Waals surface area contributed by atoms with E-state index in [2.05, 4.69) is 43.3 Å². The summed E-state index contributed by atoms with van der Waals surface area (Å²) < 4.78 is 0. The van der Waals surface area contributed by atoms with Crippen LogP contribution in [0.3, 0.4) is 0 Å². The average Bonchev–Trinajstić information content (AvgIpc) is 3.25. The molecule has 2 aliphatic heterocycles. The van der Waals surface area contributed by atoms with Crippen molar-refractivity contribution in [2.45, 2.75) is 19.4 Å². The van der Waals surface area contributed by atoms with Crippen molar-refractivity contribution in [1.29, 1.82) is 0 Å². The van der Waals surface area contributed by atoms with Crippen molar-refractivity contribution in [3.8, 4) is 0 Å². The molecule has 0 amide bonds. The van der Waals surface area contributed by atoms with Crippen molar-refractivity contribution in [1.82, 2.24) is 14.9 Å². The molecule has 0 radical (unpaired) electrons. The van der Waals surface area contributed by atoms with Gasteiger partial charge in [-0.3, -0.25) is 9.69 Å². The summed E-state index contributed by atoms with van der Waals surface area (Å²) in [5.41, 5.74) is 4.03. The van der Waals surface area contributed by atoms with E-state index in [4.69, 9.17) is 5.11 Å². The minimum absolute atomic E-state index is 0.0136. The maximum Gasteiger partial charge on any atom is 0.355 e. The molecule has 0 unspecified atom stereocenters. The summed E-state index contributed by atoms with van der Waals surface area (Å²) in [5, 5.41) is 15.9. The zero-order valence-corrected chi connectivity index (χ0v) is 17.3. The van der Waals surface area contributed by atoms with Crippen molar-refractivity contribution in [3.63, 3.8) is 0 Å². The Morgan fingerprint density at radius 1 is 1.23 bits per heavy atom. The van der Waals surface area contributed by atoms with Crippen LogP contribution in [0.4, 0.5) is 10.8 Å². The van der Waals surface area contributed by atoms with Gasteiger partial charge in [-0.15, -0.1) is 11.3 Å². The summed E-state index contributed by atoms with van der Waals surface area (Å²) in [6.45, 7) is 5.10. The highest BCUT2D eigenvalue weighted by Gasteiger charge is 2.21. The van der Waals surface area contributed by atoms with E-state index >= 15 is 0 Å². The molecule has 0 spiro atoms. The van der Waals surface area contributed by atoms with Gasteiger partial charge in [0, 0.05) is 55.6 Å². The number of rotatable bonds is 4. The van der Waals surface area contributed by atoms with Crippen LogP contribution in [0.25, 0.3) is 10.9 Å². The molecule has 0 aliphatic carbocycles. The lowest BCUT2D eigenvalue weighted by Gasteiger charge is -2.34. The lowest BCUT2D eigenvalue weighted by molar-refractivity contribution is 0.0691. The van der Waals surface area contributed by atoms with Gasteiger partial charge in [-0.2, -0.15) is 0 Å². The van der Waals surface area contributed by atoms with E-state index in [-0.39, 0.29) is 11.3 Å². The molecule has 156 valence electrons. The first kappa shape index (κ1) is 19.1. The second-order valence-electron chi connectivity index (χ2n) is 7.80. The quantitative estimate of drug-likeness (QED) is 0.590. The molecule has 9 heteroatoms. The number of thiazole rings is 1. The van der Waals surface area contributed by atoms with Crippen molar-refractivity contribution >= 4 is 39.0 Å². The van der Waals surface area contributed by atoms with Crippen LogP contribution >= 0.6 is 11.3 Å². The number of carboxylic acid groups (broad SMARTS) is 1. The Kier molecular flexibility index (Phi) is 4.92. The molecule has 4 heterocycles. The Bertz CT molecular complexity index is 1160. The van der Waals surface area contributed by atoms with E-state index < -0.39 is 5.97 Å². The third kappa shape index (κ3) is 3.54. The van der Waals surface area contributed by atoms with Crippen LogP contribution in [0.5, 0.6) is 0 Å². The smallest absolute Gasteiger partial charge is 0.355 e. The van der Waals surface area contributed by atoms with Crippen LogP contribution < -0.4 is 15.8 Å². The van der Waals surface area contributed by atoms with Crippen LogP contribution in [0, 0.1) is 0 Å². The molecule has 8 nitrogen and oxygen atoms in total. The van der Waals surface area contributed by atoms with Gasteiger partial charge < -0.3 is 20.3 Å². The molecule has 2 aromatic heterocycles. The Labute approximate surface area is 177 Å². The number of piperazine rings is 1. The van der Waals surface area contributed by atoms with Crippen molar-refractivity contribution in [2.24, 2.45) is 0 Å². The largest absolute Gasteiger partial charge is 0.476 e. The lowest BCUT2D eigenvalue weighted by atomic mass is 10.0. The maximum absolute atomic E-state index is 12.4. The zero-order chi connectivity index (χ0) is 20.7. The molecule has 3 aromatic rings. The summed E-state index contributed by atoms with van der Waals surface area (Å²) in [5.74, 6) is -0.984. The molecule has 30 heavy (non-hydrogen) atoms. The van der Waals surface area contributed by atoms with Gasteiger partial charge in [0.05, 0.1) is 11.2 Å². The fraction of sp³-hybridized carbons (Fsp3) is 0.381. The predicted octanol–water partition coefficient (Wildman–Crippen LogP) is 2.36. The molecule has 1 saturated heterocycles. The third-order valence-electron chi connectivity index (χ3n) is 5.84. The van der Waals surface area contributed by atoms with Crippen LogP contribution in [0.1, 0.15) is 28.0 Å². The van der Waals surface area contributed by atoms with E-state index in [1.54, 1.807) is 5.38 Å². The number of pyridine rings is 1. The summed E-state index contributed by atoms with van der Waals surface area (Å²) >= 11 is 1.38. The lowest BCUT2D eigenvalue weighted by Crippen LogP contribution is -2.46. The van der Waals surface area contributed by atoms with Crippen molar-refractivity contribution in [2.75, 3.05) is 42.9 Å². The van der Waals surface area contributed by atoms with E-state index in [1.165, 1.54) is 16.9 Å². The number of hydrogen-bond acceptors (Lipinski definition) is 7. The maximum atomic E-state index is 12.4. The van der Waals surface area contributed by atoms with E-state index in [0.717, 1.165) is 79.4 Å². The number of carbonyl (C=O) groups is 1. The van der Waals surface area contributed by atoms with Crippen molar-refractivity contribution < 1.29 is 9.90 Å². The topological polar surface area (TPSA) is 102 Å². The predicted molar refractivity (Wildman–Crippen MR) is 118 cm³/mol. The number of carboxylic acids is 1. The highest BCUT2D eigenvalue weighted by Crippen LogP contribution is 2.28. The summed E-state index contributed by atoms with van der Waals surface area (Å²) in [6.07, 6.45) is 1.82. The molecule has 1 aromatic carbocycles. The second kappa shape index (κ2) is 7.73. The van der Waals surface area contributed by atoms with E-state index in [9.17, 15) is 9.59 Å². The first-order valence-electron chi connectivity index (χ1n) is 10.2. The first-order valence-corrected chi connectivity index (χ1v) is 11.0. The average molecular weight is 426 g/mol. The molecule has 5 rings (SSSR count). The minimum Gasteiger partial charge on any atom is -0.476 e. The highest BCUT2D eigenvalue weighted by atomic mass is 32.1. The number of aromatic nitrogens is 2. The van der Waals surface area contributed by atoms with Gasteiger partial charge in [-0.25, -0.2) is 9.78 Å². The van der Waals surface area contributed by atoms with Gasteiger partial charge in [-0.1, -0.05) is 12.1 Å². The van der Waals surface area contributed by atoms with Crippen LogP contribution in [0.15, 0.2) is 28.4 Å². The van der Waals surface area contributed by atoms with Crippen LogP contribution in [0.2, 0.25) is 0 Å². The molecule has 2 aliphatic rings. The van der Waals surface area contributed by atoms with Gasteiger partial charge in [0.1, 0.15) is 0 Å². The molecule has 1 fully saturated rings. The van der Waals surface area contributed by atoms with Gasteiger partial charge in [-0.05, 0) is 24.5 Å². The number of benzene rings is 1. The van der Waals surface area contributed by atoms with Gasteiger partial charge in [0.25, 0.3) is 5.56 Å². The van der Waals surface area contributed by atoms with E-state index in [0.29, 0.717) is 0 Å². The Balaban J connectivity index is 1.28. The van der Waals surface area contributed by atoms with Gasteiger partial charge in [0.15, 0.2) is 10.8 Å². The first-order chi connectivity index (χ1) is 14.6. The molecule has 0 saturated carbocycles. The number of fused-ring (bicyclic) bond motifs is 3. The molecular formula is C21H23N5O3S. The minimum atomic E-state index is -0.984. The Hall–Kier alpha value is -2.91. The van der Waals surface area contributed by atoms with Crippen molar-refractivity contribution in [3.05, 3.63) is 50.8 Å². The zero-order valence-electron chi connectivity index (χ0n) is 16.5. The van der Waals surface area contributed by atoms with Gasteiger partial charge >= 0.3 is 5.97 Å². The number of aromatic carboxylic acids is 1. The number of nitrogens with one attached hydrogen (secondary N) is 2. The van der Waals surface area contributed by atoms with Gasteiger partial charge in [0.2, 0.25) is 0 Å². The SMILES string of the molecule is O=C(O)c1csc(N2CCN(Cc3ccc4c5c(c(=O)[nH]c4c3)CCCN5)CC2)n1. The fourth-order valence-electron chi connectivity index (χ4n) is 4.27. The molecular weight excluding hydrogens is 402 g/mol. The fourth-order valence-corrected chi connectivity index (χ4v) is 5.12. The normalized spacial score (nSPS) is 17.0. The highest BCUT2D eigenvalue weighted by molar-refractivity contribution is 7.13. The monoisotopic (exact) mass is 425 g/mol. The summed E-state index contributed by atoms with van der Waals surface area (Å²) in [6, 6.07) is 6.33. The third-order valence-corrected chi connectivity index (χ3v) is 6.74. The number of anilines is 2. The van der Waals surface area contributed by atoms with Crippen LogP contribution in [-0.4, -0.2) is 58.7 Å².